The van der Waals surface area contributed by atoms with Crippen LogP contribution in [0.4, 0.5) is 0 Å². The highest BCUT2D eigenvalue weighted by molar-refractivity contribution is 7.47. The molecule has 0 rings (SSSR count). The molecule has 3 unspecified atom stereocenters. The van der Waals surface area contributed by atoms with Crippen molar-refractivity contribution in [2.45, 2.75) is 277 Å². The first kappa shape index (κ1) is 69.2. The van der Waals surface area contributed by atoms with E-state index in [2.05, 4.69) is 81.5 Å². The quantitative estimate of drug-likeness (QED) is 0.0197. The Kier molecular flexibility index (Phi) is 52.3. The maximum absolute atomic E-state index is 12.9. The van der Waals surface area contributed by atoms with E-state index >= 15 is 0 Å². The molecule has 12 heteroatoms. The van der Waals surface area contributed by atoms with Crippen LogP contribution in [0, 0.1) is 0 Å². The van der Waals surface area contributed by atoms with Crippen molar-refractivity contribution in [2.24, 2.45) is 0 Å². The highest BCUT2D eigenvalue weighted by atomic mass is 31.2. The molecule has 418 valence electrons. The predicted octanol–water partition coefficient (Wildman–Crippen LogP) is 17.1. The average molecular weight is 1040 g/mol. The van der Waals surface area contributed by atoms with Crippen LogP contribution in [0.25, 0.3) is 0 Å². The first-order valence-electron chi connectivity index (χ1n) is 29.2. The second-order valence-corrected chi connectivity index (χ2v) is 20.9. The molecule has 0 bridgehead atoms. The molecule has 0 aromatic carbocycles. The molecule has 0 heterocycles. The molecule has 2 N–H and O–H groups in total. The fraction of sp³-hybridized carbons (Fsp3) is 0.783. The second-order valence-electron chi connectivity index (χ2n) is 19.4. The van der Waals surface area contributed by atoms with Crippen LogP contribution in [0.1, 0.15) is 265 Å². The zero-order chi connectivity index (χ0) is 52.7. The molecule has 11 nitrogen and oxygen atoms in total. The van der Waals surface area contributed by atoms with Gasteiger partial charge in [0.25, 0.3) is 0 Å². The van der Waals surface area contributed by atoms with Gasteiger partial charge in [-0.05, 0) is 83.5 Å². The number of phosphoric acid groups is 1. The SMILES string of the molecule is CC/C=C\C/C=C\C/C=C\C/C=C\CCCCCCCCC(=O)OCC(COP(=O)(O)OCC(CO)OC(=O)CCCCCCCCCCCCC)OC(=O)CCCCCCC/C=C\CCCCCCCC. The molecule has 0 aliphatic heterocycles. The summed E-state index contributed by atoms with van der Waals surface area (Å²) in [7, 11) is -4.75. The highest BCUT2D eigenvalue weighted by Crippen LogP contribution is 2.43. The molecule has 0 saturated heterocycles. The van der Waals surface area contributed by atoms with E-state index in [9.17, 15) is 28.9 Å². The highest BCUT2D eigenvalue weighted by Gasteiger charge is 2.28. The molecular formula is C60H107O11P. The van der Waals surface area contributed by atoms with Crippen molar-refractivity contribution in [1.82, 2.24) is 0 Å². The lowest BCUT2D eigenvalue weighted by molar-refractivity contribution is -0.161. The van der Waals surface area contributed by atoms with Crippen LogP contribution >= 0.6 is 7.82 Å². The summed E-state index contributed by atoms with van der Waals surface area (Å²) in [4.78, 5) is 48.5. The van der Waals surface area contributed by atoms with Gasteiger partial charge in [-0.1, -0.05) is 223 Å². The van der Waals surface area contributed by atoms with Crippen LogP contribution in [0.15, 0.2) is 60.8 Å². The number of carbonyl (C=O) groups excluding carboxylic acids is 3. The normalized spacial score (nSPS) is 13.8. The molecular weight excluding hydrogens is 928 g/mol. The number of allylic oxidation sites excluding steroid dienone is 10. The molecule has 72 heavy (non-hydrogen) atoms. The molecule has 3 atom stereocenters. The zero-order valence-electron chi connectivity index (χ0n) is 46.1. The first-order valence-corrected chi connectivity index (χ1v) is 30.7. The molecule has 0 spiro atoms. The summed E-state index contributed by atoms with van der Waals surface area (Å²) < 4.78 is 39.5. The molecule has 0 saturated carbocycles. The summed E-state index contributed by atoms with van der Waals surface area (Å²) in [5.74, 6) is -1.48. The van der Waals surface area contributed by atoms with Crippen LogP contribution in [0.3, 0.4) is 0 Å². The van der Waals surface area contributed by atoms with Gasteiger partial charge < -0.3 is 24.2 Å². The number of ether oxygens (including phenoxy) is 3. The molecule has 0 aromatic rings. The Hall–Kier alpha value is -2.82. The monoisotopic (exact) mass is 1030 g/mol. The van der Waals surface area contributed by atoms with Crippen LogP contribution in [-0.2, 0) is 42.2 Å². The minimum atomic E-state index is -4.75. The Morgan fingerprint density at radius 1 is 0.403 bits per heavy atom. The van der Waals surface area contributed by atoms with Crippen molar-refractivity contribution in [2.75, 3.05) is 26.4 Å². The minimum absolute atomic E-state index is 0.155. The maximum Gasteiger partial charge on any atom is 0.472 e. The zero-order valence-corrected chi connectivity index (χ0v) is 47.0. The van der Waals surface area contributed by atoms with Crippen molar-refractivity contribution < 1.29 is 52.2 Å². The number of aliphatic hydroxyl groups is 1. The number of hydrogen-bond acceptors (Lipinski definition) is 10. The van der Waals surface area contributed by atoms with Gasteiger partial charge in [0.05, 0.1) is 19.8 Å². The second kappa shape index (κ2) is 54.4. The van der Waals surface area contributed by atoms with Crippen LogP contribution in [-0.4, -0.2) is 66.5 Å². The smallest absolute Gasteiger partial charge is 0.462 e. The van der Waals surface area contributed by atoms with Gasteiger partial charge >= 0.3 is 25.7 Å². The minimum Gasteiger partial charge on any atom is -0.462 e. The van der Waals surface area contributed by atoms with Gasteiger partial charge in [0.15, 0.2) is 6.10 Å². The van der Waals surface area contributed by atoms with E-state index in [1.54, 1.807) is 0 Å². The van der Waals surface area contributed by atoms with Crippen molar-refractivity contribution in [3.05, 3.63) is 60.8 Å². The first-order chi connectivity index (χ1) is 35.2. The van der Waals surface area contributed by atoms with E-state index in [0.29, 0.717) is 19.3 Å². The van der Waals surface area contributed by atoms with Gasteiger partial charge in [0, 0.05) is 19.3 Å². The third-order valence-electron chi connectivity index (χ3n) is 12.4. The molecule has 0 radical (unpaired) electrons. The van der Waals surface area contributed by atoms with E-state index in [0.717, 1.165) is 122 Å². The van der Waals surface area contributed by atoms with Gasteiger partial charge in [-0.3, -0.25) is 23.4 Å². The number of esters is 3. The van der Waals surface area contributed by atoms with Gasteiger partial charge in [0.1, 0.15) is 12.7 Å². The Labute approximate surface area is 440 Å². The number of rotatable bonds is 54. The predicted molar refractivity (Wildman–Crippen MR) is 298 cm³/mol. The van der Waals surface area contributed by atoms with E-state index in [1.165, 1.54) is 83.5 Å². The standard InChI is InChI=1S/C60H107O11P/c1-4-7-10-13-16-19-22-24-26-27-28-29-31-32-35-37-40-43-46-49-58(62)67-53-57(71-60(64)51-48-45-42-39-36-33-30-25-23-20-17-14-11-8-5-2)55-69-72(65,66)68-54-56(52-61)70-59(63)50-47-44-41-38-34-21-18-15-12-9-6-3/h7,10,16,19,24-26,28-30,56-57,61H,4-6,8-9,11-15,17-18,20-23,27,31-55H2,1-3H3,(H,65,66)/b10-7-,19-16-,26-24-,29-28-,30-25-. The number of phosphoric ester groups is 1. The lowest BCUT2D eigenvalue weighted by atomic mass is 10.1. The maximum atomic E-state index is 12.9. The molecule has 0 fully saturated rings. The Morgan fingerprint density at radius 3 is 1.12 bits per heavy atom. The summed E-state index contributed by atoms with van der Waals surface area (Å²) >= 11 is 0. The summed E-state index contributed by atoms with van der Waals surface area (Å²) in [5.41, 5.74) is 0. The van der Waals surface area contributed by atoms with Crippen molar-refractivity contribution in [3.8, 4) is 0 Å². The summed E-state index contributed by atoms with van der Waals surface area (Å²) in [6.45, 7) is 4.51. The van der Waals surface area contributed by atoms with Crippen LogP contribution in [0.5, 0.6) is 0 Å². The third-order valence-corrected chi connectivity index (χ3v) is 13.4. The van der Waals surface area contributed by atoms with Crippen molar-refractivity contribution in [3.63, 3.8) is 0 Å². The Morgan fingerprint density at radius 2 is 0.722 bits per heavy atom. The number of carbonyl (C=O) groups is 3. The number of hydrogen-bond donors (Lipinski definition) is 2. The Balaban J connectivity index is 4.74. The molecule has 0 aromatic heterocycles. The van der Waals surface area contributed by atoms with E-state index in [1.807, 2.05) is 0 Å². The van der Waals surface area contributed by atoms with Gasteiger partial charge in [0.2, 0.25) is 0 Å². The molecule has 0 aliphatic carbocycles. The third kappa shape index (κ3) is 52.1. The lowest BCUT2D eigenvalue weighted by Gasteiger charge is -2.21. The van der Waals surface area contributed by atoms with Crippen molar-refractivity contribution in [1.29, 1.82) is 0 Å². The topological polar surface area (TPSA) is 155 Å². The number of aliphatic hydroxyl groups excluding tert-OH is 1. The fourth-order valence-corrected chi connectivity index (χ4v) is 8.77. The van der Waals surface area contributed by atoms with Gasteiger partial charge in [-0.2, -0.15) is 0 Å². The van der Waals surface area contributed by atoms with E-state index in [4.69, 9.17) is 23.3 Å². The van der Waals surface area contributed by atoms with Gasteiger partial charge in [-0.15, -0.1) is 0 Å². The van der Waals surface area contributed by atoms with Crippen LogP contribution < -0.4 is 0 Å². The number of unbranched alkanes of at least 4 members (excludes halogenated alkanes) is 27. The lowest BCUT2D eigenvalue weighted by Crippen LogP contribution is -2.30. The van der Waals surface area contributed by atoms with E-state index in [-0.39, 0.29) is 25.9 Å². The molecule has 0 amide bonds. The fourth-order valence-electron chi connectivity index (χ4n) is 7.99. The average Bonchev–Trinajstić information content (AvgIpc) is 3.37. The summed E-state index contributed by atoms with van der Waals surface area (Å²) in [6.07, 6.45) is 58.9. The summed E-state index contributed by atoms with van der Waals surface area (Å²) in [6, 6.07) is 0. The largest absolute Gasteiger partial charge is 0.472 e. The van der Waals surface area contributed by atoms with E-state index < -0.39 is 57.8 Å². The summed E-state index contributed by atoms with van der Waals surface area (Å²) in [5, 5.41) is 9.79. The van der Waals surface area contributed by atoms with Crippen molar-refractivity contribution >= 4 is 25.7 Å². The Bertz CT molecular complexity index is 1440. The van der Waals surface area contributed by atoms with Gasteiger partial charge in [-0.25, -0.2) is 4.57 Å². The molecule has 0 aliphatic rings. The van der Waals surface area contributed by atoms with Crippen LogP contribution in [0.2, 0.25) is 0 Å².